The number of aromatic nitrogens is 2. The lowest BCUT2D eigenvalue weighted by Crippen LogP contribution is -2.38. The lowest BCUT2D eigenvalue weighted by Gasteiger charge is -2.11. The molecule has 8 heteroatoms. The molecule has 3 aromatic rings. The molecule has 1 aromatic carbocycles. The third kappa shape index (κ3) is 5.91. The molecule has 3 rings (SSSR count). The molecule has 152 valence electrons. The maximum Gasteiger partial charge on any atom is 0.191 e. The Kier molecular flexibility index (Phi) is 8.68. The molecule has 2 heterocycles. The van der Waals surface area contributed by atoms with Crippen LogP contribution in [0.25, 0.3) is 10.9 Å². The van der Waals surface area contributed by atoms with Crippen molar-refractivity contribution in [3.8, 4) is 0 Å². The van der Waals surface area contributed by atoms with E-state index < -0.39 is 0 Å². The van der Waals surface area contributed by atoms with Crippen LogP contribution in [0.15, 0.2) is 29.4 Å². The quantitative estimate of drug-likeness (QED) is 0.249. The number of aliphatic imine (C=N–C) groups is 1. The Labute approximate surface area is 186 Å². The van der Waals surface area contributed by atoms with Crippen LogP contribution >= 0.6 is 35.3 Å². The average molecular weight is 515 g/mol. The van der Waals surface area contributed by atoms with Crippen LogP contribution in [-0.2, 0) is 12.8 Å². The summed E-state index contributed by atoms with van der Waals surface area (Å²) < 4.78 is 13.3. The highest BCUT2D eigenvalue weighted by atomic mass is 127. The summed E-state index contributed by atoms with van der Waals surface area (Å²) in [6, 6.07) is 4.86. The lowest BCUT2D eigenvalue weighted by atomic mass is 10.1. The van der Waals surface area contributed by atoms with E-state index in [-0.39, 0.29) is 29.8 Å². The van der Waals surface area contributed by atoms with Crippen molar-refractivity contribution in [2.24, 2.45) is 4.99 Å². The number of nitrogens with one attached hydrogen (secondary N) is 3. The second-order valence-corrected chi connectivity index (χ2v) is 7.72. The Morgan fingerprint density at radius 2 is 2.07 bits per heavy atom. The number of benzene rings is 1. The third-order valence-electron chi connectivity index (χ3n) is 4.37. The molecule has 0 aliphatic rings. The van der Waals surface area contributed by atoms with Gasteiger partial charge < -0.3 is 15.6 Å². The highest BCUT2D eigenvalue weighted by molar-refractivity contribution is 14.0. The summed E-state index contributed by atoms with van der Waals surface area (Å²) in [6.45, 7) is 8.45. The van der Waals surface area contributed by atoms with Crippen LogP contribution in [-0.4, -0.2) is 35.6 Å². The zero-order valence-corrected chi connectivity index (χ0v) is 19.6. The van der Waals surface area contributed by atoms with Crippen LogP contribution in [0.2, 0.25) is 0 Å². The van der Waals surface area contributed by atoms with Crippen LogP contribution in [0.3, 0.4) is 0 Å². The summed E-state index contributed by atoms with van der Waals surface area (Å²) in [6.07, 6.45) is 3.69. The first-order chi connectivity index (χ1) is 13.1. The van der Waals surface area contributed by atoms with E-state index >= 15 is 0 Å². The van der Waals surface area contributed by atoms with Crippen LogP contribution in [0.5, 0.6) is 0 Å². The van der Waals surface area contributed by atoms with Gasteiger partial charge in [0.15, 0.2) is 5.96 Å². The highest BCUT2D eigenvalue weighted by Gasteiger charge is 2.06. The van der Waals surface area contributed by atoms with Crippen LogP contribution < -0.4 is 10.6 Å². The molecule has 0 saturated heterocycles. The number of thiazole rings is 1. The molecule has 0 aliphatic heterocycles. The lowest BCUT2D eigenvalue weighted by molar-refractivity contribution is 0.629. The predicted molar refractivity (Wildman–Crippen MR) is 127 cm³/mol. The third-order valence-corrected chi connectivity index (χ3v) is 5.50. The van der Waals surface area contributed by atoms with Crippen molar-refractivity contribution in [2.75, 3.05) is 19.6 Å². The van der Waals surface area contributed by atoms with Gasteiger partial charge in [0, 0.05) is 48.0 Å². The standard InChI is InChI=1S/C20H26FN5S.HI/c1-4-22-20(24-10-8-19-13(2)26-14(3)27-19)23-9-7-15-12-25-18-11-16(21)5-6-17(15)18;/h5-6,11-12,25H,4,7-10H2,1-3H3,(H2,22,23,24);1H. The number of hydrogen-bond donors (Lipinski definition) is 3. The molecule has 5 nitrogen and oxygen atoms in total. The van der Waals surface area contributed by atoms with E-state index in [4.69, 9.17) is 0 Å². The Morgan fingerprint density at radius 3 is 2.79 bits per heavy atom. The molecule has 0 aliphatic carbocycles. The molecular formula is C20H27FIN5S. The first-order valence-corrected chi connectivity index (χ1v) is 10.1. The molecule has 0 radical (unpaired) electrons. The molecule has 3 N–H and O–H groups in total. The van der Waals surface area contributed by atoms with E-state index in [0.717, 1.165) is 60.0 Å². The molecule has 28 heavy (non-hydrogen) atoms. The normalized spacial score (nSPS) is 11.5. The SMILES string of the molecule is CCNC(=NCCc1sc(C)nc1C)NCCc1c[nH]c2cc(F)ccc12.I. The van der Waals surface area contributed by atoms with Crippen LogP contribution in [0, 0.1) is 19.7 Å². The summed E-state index contributed by atoms with van der Waals surface area (Å²) in [5.41, 5.74) is 3.12. The number of nitrogens with zero attached hydrogens (tertiary/aromatic N) is 2. The molecule has 0 amide bonds. The van der Waals surface area contributed by atoms with Gasteiger partial charge in [-0.3, -0.25) is 4.99 Å². The van der Waals surface area contributed by atoms with Crippen molar-refractivity contribution in [3.63, 3.8) is 0 Å². The van der Waals surface area contributed by atoms with E-state index in [0.29, 0.717) is 0 Å². The van der Waals surface area contributed by atoms with Gasteiger partial charge in [-0.05, 0) is 51.0 Å². The van der Waals surface area contributed by atoms with Crippen molar-refractivity contribution < 1.29 is 4.39 Å². The Morgan fingerprint density at radius 1 is 1.25 bits per heavy atom. The van der Waals surface area contributed by atoms with Crippen molar-refractivity contribution in [3.05, 3.63) is 51.4 Å². The molecular weight excluding hydrogens is 488 g/mol. The van der Waals surface area contributed by atoms with Gasteiger partial charge in [-0.1, -0.05) is 0 Å². The second kappa shape index (κ2) is 10.8. The van der Waals surface area contributed by atoms with E-state index in [1.54, 1.807) is 11.3 Å². The fraction of sp³-hybridized carbons (Fsp3) is 0.400. The summed E-state index contributed by atoms with van der Waals surface area (Å²) in [4.78, 5) is 13.6. The molecule has 0 saturated carbocycles. The zero-order valence-electron chi connectivity index (χ0n) is 16.4. The average Bonchev–Trinajstić information content (AvgIpc) is 3.17. The van der Waals surface area contributed by atoms with Gasteiger partial charge in [0.25, 0.3) is 0 Å². The number of H-pyrrole nitrogens is 1. The zero-order chi connectivity index (χ0) is 19.2. The van der Waals surface area contributed by atoms with E-state index in [1.165, 1.54) is 22.6 Å². The van der Waals surface area contributed by atoms with E-state index in [9.17, 15) is 4.39 Å². The molecule has 0 atom stereocenters. The maximum absolute atomic E-state index is 13.3. The predicted octanol–water partition coefficient (Wildman–Crippen LogP) is 4.34. The fourth-order valence-corrected chi connectivity index (χ4v) is 4.02. The first-order valence-electron chi connectivity index (χ1n) is 9.27. The second-order valence-electron chi connectivity index (χ2n) is 6.43. The summed E-state index contributed by atoms with van der Waals surface area (Å²) in [5, 5.41) is 8.84. The molecule has 0 unspecified atom stereocenters. The molecule has 0 bridgehead atoms. The molecule has 0 spiro atoms. The number of rotatable bonds is 7. The van der Waals surface area contributed by atoms with Gasteiger partial charge in [-0.15, -0.1) is 35.3 Å². The van der Waals surface area contributed by atoms with E-state index in [1.807, 2.05) is 19.2 Å². The summed E-state index contributed by atoms with van der Waals surface area (Å²) in [5.74, 6) is 0.601. The number of aromatic amines is 1. The summed E-state index contributed by atoms with van der Waals surface area (Å²) in [7, 11) is 0. The van der Waals surface area contributed by atoms with E-state index in [2.05, 4.69) is 39.4 Å². The van der Waals surface area contributed by atoms with Gasteiger partial charge in [-0.2, -0.15) is 0 Å². The number of guanidine groups is 1. The number of aryl methyl sites for hydroxylation is 2. The number of hydrogen-bond acceptors (Lipinski definition) is 3. The number of halogens is 2. The molecule has 0 fully saturated rings. The van der Waals surface area contributed by atoms with Gasteiger partial charge in [0.1, 0.15) is 5.82 Å². The topological polar surface area (TPSA) is 65.1 Å². The van der Waals surface area contributed by atoms with Crippen molar-refractivity contribution in [2.45, 2.75) is 33.6 Å². The van der Waals surface area contributed by atoms with Gasteiger partial charge >= 0.3 is 0 Å². The Bertz CT molecular complexity index is 934. The van der Waals surface area contributed by atoms with Gasteiger partial charge in [-0.25, -0.2) is 9.37 Å². The minimum Gasteiger partial charge on any atom is -0.361 e. The van der Waals surface area contributed by atoms with Gasteiger partial charge in [0.05, 0.1) is 10.7 Å². The Hall–Kier alpha value is -1.68. The summed E-state index contributed by atoms with van der Waals surface area (Å²) >= 11 is 1.75. The molecule has 2 aromatic heterocycles. The first kappa shape index (κ1) is 22.6. The monoisotopic (exact) mass is 515 g/mol. The number of fused-ring (bicyclic) bond motifs is 1. The van der Waals surface area contributed by atoms with Crippen LogP contribution in [0.4, 0.5) is 4.39 Å². The minimum atomic E-state index is -0.220. The smallest absolute Gasteiger partial charge is 0.191 e. The minimum absolute atomic E-state index is 0. The fourth-order valence-electron chi connectivity index (χ4n) is 3.10. The Balaban J connectivity index is 0.00000280. The van der Waals surface area contributed by atoms with Crippen molar-refractivity contribution in [1.29, 1.82) is 0 Å². The largest absolute Gasteiger partial charge is 0.361 e. The van der Waals surface area contributed by atoms with Crippen molar-refractivity contribution >= 4 is 52.2 Å². The van der Waals surface area contributed by atoms with Crippen LogP contribution in [0.1, 0.15) is 28.1 Å². The maximum atomic E-state index is 13.3. The van der Waals surface area contributed by atoms with Gasteiger partial charge in [0.2, 0.25) is 0 Å². The highest BCUT2D eigenvalue weighted by Crippen LogP contribution is 2.19. The van der Waals surface area contributed by atoms with Crippen molar-refractivity contribution in [1.82, 2.24) is 20.6 Å².